The Bertz CT molecular complexity index is 3820. The highest BCUT2D eigenvalue weighted by Crippen LogP contribution is 2.61. The number of furan rings is 1. The molecule has 0 radical (unpaired) electrons. The Kier molecular flexibility index (Phi) is 7.90. The van der Waals surface area contributed by atoms with E-state index in [4.69, 9.17) is 13.9 Å². The van der Waals surface area contributed by atoms with E-state index in [0.717, 1.165) is 66.1 Å². The summed E-state index contributed by atoms with van der Waals surface area (Å²) >= 11 is 0. The Morgan fingerprint density at radius 3 is 1.55 bits per heavy atom. The molecule has 12 aromatic rings. The van der Waals surface area contributed by atoms with Gasteiger partial charge in [-0.25, -0.2) is 0 Å². The van der Waals surface area contributed by atoms with Gasteiger partial charge in [-0.15, -0.1) is 0 Å². The first-order valence-corrected chi connectivity index (χ1v) is 22.6. The van der Waals surface area contributed by atoms with Crippen LogP contribution in [-0.2, 0) is 5.41 Å². The molecule has 3 heteroatoms. The van der Waals surface area contributed by atoms with Crippen LogP contribution in [0.2, 0.25) is 0 Å². The minimum atomic E-state index is -0.544. The van der Waals surface area contributed by atoms with Crippen LogP contribution in [0.3, 0.4) is 0 Å². The summed E-state index contributed by atoms with van der Waals surface area (Å²) in [7, 11) is 0. The van der Waals surface area contributed by atoms with Crippen molar-refractivity contribution in [2.75, 3.05) is 0 Å². The number of fused-ring (bicyclic) bond motifs is 10. The molecule has 0 N–H and O–H groups in total. The molecular weight excluding hydrogens is 805 g/mol. The van der Waals surface area contributed by atoms with Crippen molar-refractivity contribution in [3.05, 3.63) is 253 Å². The summed E-state index contributed by atoms with van der Waals surface area (Å²) in [4.78, 5) is 0. The molecule has 11 aromatic carbocycles. The zero-order valence-electron chi connectivity index (χ0n) is 35.7. The van der Waals surface area contributed by atoms with E-state index in [-0.39, 0.29) is 0 Å². The van der Waals surface area contributed by atoms with Gasteiger partial charge >= 0.3 is 0 Å². The van der Waals surface area contributed by atoms with Gasteiger partial charge in [0, 0.05) is 27.5 Å². The number of ether oxygens (including phenoxy) is 2. The van der Waals surface area contributed by atoms with Crippen LogP contribution in [0.1, 0.15) is 22.3 Å². The average molecular weight is 843 g/mol. The fraction of sp³-hybridized carbons (Fsp3) is 0.0159. The molecule has 0 fully saturated rings. The first-order valence-electron chi connectivity index (χ1n) is 22.6. The van der Waals surface area contributed by atoms with E-state index in [0.29, 0.717) is 23.0 Å². The van der Waals surface area contributed by atoms with Crippen LogP contribution in [-0.4, -0.2) is 0 Å². The standard InChI is InChI=1S/C63H38O3/c1-3-17-41(18-4-1)63(42-19-5-2-6-20-42)53-30-13-11-21-44(53)52-37-57-58(38-54(52)63)64-56-32-16-29-51(62(56)66-57)60-48-25-9-7-23-46(48)59(47-24-8-10-26-49(47)60)40-35-33-39(34-36-40)43-27-15-28-50-45-22-12-14-31-55(45)65-61(43)50/h1-38H. The minimum Gasteiger partial charge on any atom is -0.455 e. The molecule has 308 valence electrons. The molecule has 0 atom stereocenters. The van der Waals surface area contributed by atoms with Crippen LogP contribution in [0.5, 0.6) is 23.0 Å². The molecule has 0 spiro atoms. The van der Waals surface area contributed by atoms with E-state index in [1.54, 1.807) is 0 Å². The van der Waals surface area contributed by atoms with Crippen LogP contribution in [0.15, 0.2) is 235 Å². The predicted molar refractivity (Wildman–Crippen MR) is 269 cm³/mol. The maximum atomic E-state index is 7.17. The molecule has 0 unspecified atom stereocenters. The summed E-state index contributed by atoms with van der Waals surface area (Å²) in [6.07, 6.45) is 0. The lowest BCUT2D eigenvalue weighted by molar-refractivity contribution is 0.360. The molecule has 66 heavy (non-hydrogen) atoms. The molecule has 1 aliphatic heterocycles. The highest BCUT2D eigenvalue weighted by molar-refractivity contribution is 6.22. The smallest absolute Gasteiger partial charge is 0.177 e. The van der Waals surface area contributed by atoms with Crippen LogP contribution in [0, 0.1) is 0 Å². The molecule has 1 aliphatic carbocycles. The minimum absolute atomic E-state index is 0.544. The van der Waals surface area contributed by atoms with E-state index >= 15 is 0 Å². The van der Waals surface area contributed by atoms with E-state index in [9.17, 15) is 0 Å². The van der Waals surface area contributed by atoms with Crippen molar-refractivity contribution in [2.24, 2.45) is 0 Å². The number of para-hydroxylation sites is 3. The lowest BCUT2D eigenvalue weighted by Crippen LogP contribution is -2.28. The third kappa shape index (κ3) is 5.20. The van der Waals surface area contributed by atoms with Crippen molar-refractivity contribution < 1.29 is 13.9 Å². The first kappa shape index (κ1) is 36.8. The fourth-order valence-corrected chi connectivity index (χ4v) is 11.3. The maximum absolute atomic E-state index is 7.17. The van der Waals surface area contributed by atoms with Gasteiger partial charge in [-0.1, -0.05) is 206 Å². The molecule has 3 nitrogen and oxygen atoms in total. The Balaban J connectivity index is 0.915. The van der Waals surface area contributed by atoms with Crippen molar-refractivity contribution in [1.82, 2.24) is 0 Å². The third-order valence-electron chi connectivity index (χ3n) is 14.0. The molecular formula is C63H38O3. The van der Waals surface area contributed by atoms with Gasteiger partial charge in [0.05, 0.1) is 5.41 Å². The summed E-state index contributed by atoms with van der Waals surface area (Å²) in [5.74, 6) is 2.80. The van der Waals surface area contributed by atoms with Crippen molar-refractivity contribution >= 4 is 43.5 Å². The molecule has 0 saturated heterocycles. The molecule has 1 aromatic heterocycles. The Morgan fingerprint density at radius 1 is 0.303 bits per heavy atom. The number of hydrogen-bond acceptors (Lipinski definition) is 3. The molecule has 0 saturated carbocycles. The van der Waals surface area contributed by atoms with E-state index in [1.807, 2.05) is 18.2 Å². The predicted octanol–water partition coefficient (Wildman–Crippen LogP) is 17.2. The van der Waals surface area contributed by atoms with Gasteiger partial charge in [-0.3, -0.25) is 0 Å². The molecule has 2 heterocycles. The number of rotatable bonds is 5. The van der Waals surface area contributed by atoms with Crippen LogP contribution < -0.4 is 9.47 Å². The summed E-state index contributed by atoms with van der Waals surface area (Å²) in [6, 6.07) is 82.4. The second-order valence-electron chi connectivity index (χ2n) is 17.4. The highest BCUT2D eigenvalue weighted by atomic mass is 16.6. The Labute approximate surface area is 381 Å². The van der Waals surface area contributed by atoms with Crippen molar-refractivity contribution in [1.29, 1.82) is 0 Å². The largest absolute Gasteiger partial charge is 0.455 e. The van der Waals surface area contributed by atoms with Gasteiger partial charge in [-0.05, 0) is 95.9 Å². The van der Waals surface area contributed by atoms with Crippen LogP contribution in [0.4, 0.5) is 0 Å². The van der Waals surface area contributed by atoms with E-state index < -0.39 is 5.41 Å². The van der Waals surface area contributed by atoms with Gasteiger partial charge in [0.1, 0.15) is 11.2 Å². The third-order valence-corrected chi connectivity index (χ3v) is 14.0. The van der Waals surface area contributed by atoms with Gasteiger partial charge in [0.2, 0.25) is 0 Å². The Morgan fingerprint density at radius 2 is 0.833 bits per heavy atom. The molecule has 0 bridgehead atoms. The van der Waals surface area contributed by atoms with Gasteiger partial charge in [0.25, 0.3) is 0 Å². The van der Waals surface area contributed by atoms with Crippen molar-refractivity contribution in [3.8, 4) is 67.5 Å². The van der Waals surface area contributed by atoms with Crippen molar-refractivity contribution in [2.45, 2.75) is 5.41 Å². The van der Waals surface area contributed by atoms with Gasteiger partial charge in [-0.2, -0.15) is 0 Å². The summed E-state index contributed by atoms with van der Waals surface area (Å²) in [5.41, 5.74) is 15.1. The summed E-state index contributed by atoms with van der Waals surface area (Å²) in [5, 5.41) is 6.88. The van der Waals surface area contributed by atoms with E-state index in [2.05, 4.69) is 212 Å². The van der Waals surface area contributed by atoms with Gasteiger partial charge in [0.15, 0.2) is 23.0 Å². The average Bonchev–Trinajstić information content (AvgIpc) is 3.91. The van der Waals surface area contributed by atoms with Crippen LogP contribution >= 0.6 is 0 Å². The molecule has 0 amide bonds. The first-order chi connectivity index (χ1) is 32.7. The molecule has 14 rings (SSSR count). The second kappa shape index (κ2) is 14.2. The monoisotopic (exact) mass is 842 g/mol. The topological polar surface area (TPSA) is 31.6 Å². The van der Waals surface area contributed by atoms with Gasteiger partial charge < -0.3 is 13.9 Å². The number of hydrogen-bond donors (Lipinski definition) is 0. The SMILES string of the molecule is c1ccc(C2(c3ccccc3)c3ccccc3-c3cc4c(cc32)Oc2cccc(-c3c5ccccc5c(-c5ccc(-c6cccc7c6oc6ccccc67)cc5)c5ccccc35)c2O4)cc1. The zero-order chi connectivity index (χ0) is 43.3. The molecule has 2 aliphatic rings. The second-order valence-corrected chi connectivity index (χ2v) is 17.4. The van der Waals surface area contributed by atoms with Crippen molar-refractivity contribution in [3.63, 3.8) is 0 Å². The fourth-order valence-electron chi connectivity index (χ4n) is 11.3. The van der Waals surface area contributed by atoms with Crippen LogP contribution in [0.25, 0.3) is 88.0 Å². The number of benzene rings is 11. The lowest BCUT2D eigenvalue weighted by atomic mass is 9.67. The normalized spacial score (nSPS) is 13.2. The quantitative estimate of drug-likeness (QED) is 0.162. The zero-order valence-corrected chi connectivity index (χ0v) is 35.7. The summed E-state index contributed by atoms with van der Waals surface area (Å²) in [6.45, 7) is 0. The van der Waals surface area contributed by atoms with E-state index in [1.165, 1.54) is 44.2 Å². The maximum Gasteiger partial charge on any atom is 0.177 e. The summed E-state index contributed by atoms with van der Waals surface area (Å²) < 4.78 is 20.6. The Hall–Kier alpha value is -8.66. The highest BCUT2D eigenvalue weighted by Gasteiger charge is 2.47. The lowest BCUT2D eigenvalue weighted by Gasteiger charge is -2.34.